The van der Waals surface area contributed by atoms with E-state index in [0.29, 0.717) is 30.1 Å². The lowest BCUT2D eigenvalue weighted by Gasteiger charge is -2.26. The predicted octanol–water partition coefficient (Wildman–Crippen LogP) is 3.72. The van der Waals surface area contributed by atoms with E-state index in [2.05, 4.69) is 5.32 Å². The number of carbonyl (C=O) groups excluding carboxylic acids is 1. The molecule has 6 nitrogen and oxygen atoms in total. The van der Waals surface area contributed by atoms with Gasteiger partial charge in [0, 0.05) is 18.8 Å². The Hall–Kier alpha value is -2.45. The molecule has 0 aliphatic carbocycles. The zero-order chi connectivity index (χ0) is 20.9. The summed E-state index contributed by atoms with van der Waals surface area (Å²) < 4.78 is 45.7. The number of aryl methyl sites for hydroxylation is 1. The van der Waals surface area contributed by atoms with Crippen LogP contribution in [-0.4, -0.2) is 38.3 Å². The number of rotatable bonds is 7. The number of ether oxygens (including phenoxy) is 1. The van der Waals surface area contributed by atoms with Crippen molar-refractivity contribution in [3.63, 3.8) is 0 Å². The maximum atomic E-state index is 13.0. The first-order valence-electron chi connectivity index (χ1n) is 9.65. The average Bonchev–Trinajstić information content (AvgIpc) is 2.71. The SMILES string of the molecule is Cc1ccc(NC(=O)CCOc2ccc(F)cc2)cc1S(=O)(=O)N1CCCCC1. The molecular weight excluding hydrogens is 395 g/mol. The first-order valence-corrected chi connectivity index (χ1v) is 11.1. The summed E-state index contributed by atoms with van der Waals surface area (Å²) in [5, 5.41) is 2.72. The quantitative estimate of drug-likeness (QED) is 0.741. The summed E-state index contributed by atoms with van der Waals surface area (Å²) in [6.45, 7) is 2.93. The van der Waals surface area contributed by atoms with E-state index in [1.807, 2.05) is 0 Å². The molecule has 0 saturated carbocycles. The van der Waals surface area contributed by atoms with Gasteiger partial charge in [0.15, 0.2) is 0 Å². The van der Waals surface area contributed by atoms with E-state index in [-0.39, 0.29) is 29.6 Å². The van der Waals surface area contributed by atoms with E-state index in [4.69, 9.17) is 4.74 Å². The molecule has 2 aromatic rings. The molecule has 1 aliphatic heterocycles. The number of hydrogen-bond acceptors (Lipinski definition) is 4. The van der Waals surface area contributed by atoms with E-state index in [1.165, 1.54) is 34.6 Å². The Morgan fingerprint density at radius 2 is 1.79 bits per heavy atom. The summed E-state index contributed by atoms with van der Waals surface area (Å²) in [6, 6.07) is 10.4. The standard InChI is InChI=1S/C21H25FN2O4S/c1-16-5-8-18(15-20(16)29(26,27)24-12-3-2-4-13-24)23-21(25)11-14-28-19-9-6-17(22)7-10-19/h5-10,15H,2-4,11-14H2,1H3,(H,23,25). The number of nitrogens with one attached hydrogen (secondary N) is 1. The molecule has 1 aliphatic rings. The van der Waals surface area contributed by atoms with Crippen LogP contribution >= 0.6 is 0 Å². The van der Waals surface area contributed by atoms with Crippen LogP contribution in [0, 0.1) is 12.7 Å². The van der Waals surface area contributed by atoms with Crippen molar-refractivity contribution < 1.29 is 22.3 Å². The molecule has 2 aromatic carbocycles. The molecule has 1 N–H and O–H groups in total. The molecule has 3 rings (SSSR count). The Bertz CT molecular complexity index is 955. The van der Waals surface area contributed by atoms with Crippen molar-refractivity contribution in [2.45, 2.75) is 37.5 Å². The zero-order valence-electron chi connectivity index (χ0n) is 16.4. The van der Waals surface area contributed by atoms with Crippen LogP contribution in [0.1, 0.15) is 31.2 Å². The lowest BCUT2D eigenvalue weighted by molar-refractivity contribution is -0.116. The highest BCUT2D eigenvalue weighted by Gasteiger charge is 2.27. The number of carbonyl (C=O) groups is 1. The van der Waals surface area contributed by atoms with E-state index in [9.17, 15) is 17.6 Å². The third-order valence-corrected chi connectivity index (χ3v) is 6.86. The highest BCUT2D eigenvalue weighted by molar-refractivity contribution is 7.89. The fraction of sp³-hybridized carbons (Fsp3) is 0.381. The van der Waals surface area contributed by atoms with Crippen molar-refractivity contribution in [1.82, 2.24) is 4.31 Å². The fourth-order valence-electron chi connectivity index (χ4n) is 3.22. The van der Waals surface area contributed by atoms with Gasteiger partial charge in [0.05, 0.1) is 17.9 Å². The van der Waals surface area contributed by atoms with Gasteiger partial charge in [0.25, 0.3) is 0 Å². The molecule has 0 unspecified atom stereocenters. The number of hydrogen-bond donors (Lipinski definition) is 1. The van der Waals surface area contributed by atoms with Crippen LogP contribution in [0.3, 0.4) is 0 Å². The summed E-state index contributed by atoms with van der Waals surface area (Å²) >= 11 is 0. The lowest BCUT2D eigenvalue weighted by atomic mass is 10.2. The molecular formula is C21H25FN2O4S. The summed E-state index contributed by atoms with van der Waals surface area (Å²) in [6.07, 6.45) is 2.85. The summed E-state index contributed by atoms with van der Waals surface area (Å²) in [7, 11) is -3.58. The van der Waals surface area contributed by atoms with Crippen molar-refractivity contribution in [2.75, 3.05) is 25.0 Å². The molecule has 0 spiro atoms. The summed E-state index contributed by atoms with van der Waals surface area (Å²) in [5.41, 5.74) is 1.08. The molecule has 156 valence electrons. The average molecular weight is 421 g/mol. The van der Waals surface area contributed by atoms with Gasteiger partial charge in [-0.1, -0.05) is 12.5 Å². The second-order valence-corrected chi connectivity index (χ2v) is 8.95. The molecule has 1 heterocycles. The third kappa shape index (κ3) is 5.55. The molecule has 0 bridgehead atoms. The van der Waals surface area contributed by atoms with E-state index < -0.39 is 10.0 Å². The maximum absolute atomic E-state index is 13.0. The number of nitrogens with zero attached hydrogens (tertiary/aromatic N) is 1. The third-order valence-electron chi connectivity index (χ3n) is 4.82. The van der Waals surface area contributed by atoms with Crippen LogP contribution in [-0.2, 0) is 14.8 Å². The number of benzene rings is 2. The number of amides is 1. The number of halogens is 1. The second kappa shape index (κ2) is 9.37. The van der Waals surface area contributed by atoms with E-state index >= 15 is 0 Å². The largest absolute Gasteiger partial charge is 0.493 e. The van der Waals surface area contributed by atoms with E-state index in [1.54, 1.807) is 19.1 Å². The van der Waals surface area contributed by atoms with Crippen LogP contribution in [0.25, 0.3) is 0 Å². The Balaban J connectivity index is 1.61. The second-order valence-electron chi connectivity index (χ2n) is 7.05. The van der Waals surface area contributed by atoms with Gasteiger partial charge in [0.1, 0.15) is 11.6 Å². The molecule has 0 radical (unpaired) electrons. The smallest absolute Gasteiger partial charge is 0.243 e. The molecule has 0 aromatic heterocycles. The lowest BCUT2D eigenvalue weighted by Crippen LogP contribution is -2.36. The first-order chi connectivity index (χ1) is 13.9. The number of piperidine rings is 1. The molecule has 1 amide bonds. The first kappa shape index (κ1) is 21.3. The van der Waals surface area contributed by atoms with Crippen molar-refractivity contribution in [1.29, 1.82) is 0 Å². The predicted molar refractivity (Wildman–Crippen MR) is 109 cm³/mol. The van der Waals surface area contributed by atoms with Gasteiger partial charge in [-0.3, -0.25) is 4.79 Å². The van der Waals surface area contributed by atoms with Crippen LogP contribution in [0.4, 0.5) is 10.1 Å². The molecule has 0 atom stereocenters. The van der Waals surface area contributed by atoms with Crippen molar-refractivity contribution in [3.05, 3.63) is 53.8 Å². The van der Waals surface area contributed by atoms with Gasteiger partial charge in [0.2, 0.25) is 15.9 Å². The van der Waals surface area contributed by atoms with Gasteiger partial charge in [-0.15, -0.1) is 0 Å². The minimum absolute atomic E-state index is 0.0828. The zero-order valence-corrected chi connectivity index (χ0v) is 17.2. The Morgan fingerprint density at radius 1 is 1.10 bits per heavy atom. The van der Waals surface area contributed by atoms with Gasteiger partial charge in [-0.25, -0.2) is 12.8 Å². The molecule has 1 saturated heterocycles. The summed E-state index contributed by atoms with van der Waals surface area (Å²) in [4.78, 5) is 12.4. The Kier molecular flexibility index (Phi) is 6.87. The molecule has 29 heavy (non-hydrogen) atoms. The van der Waals surface area contributed by atoms with Gasteiger partial charge < -0.3 is 10.1 Å². The fourth-order valence-corrected chi connectivity index (χ4v) is 4.98. The molecule has 1 fully saturated rings. The minimum atomic E-state index is -3.58. The van der Waals surface area contributed by atoms with Crippen molar-refractivity contribution >= 4 is 21.6 Å². The van der Waals surface area contributed by atoms with Crippen molar-refractivity contribution in [2.24, 2.45) is 0 Å². The maximum Gasteiger partial charge on any atom is 0.243 e. The monoisotopic (exact) mass is 420 g/mol. The number of anilines is 1. The highest BCUT2D eigenvalue weighted by atomic mass is 32.2. The topological polar surface area (TPSA) is 75.7 Å². The van der Waals surface area contributed by atoms with Crippen LogP contribution in [0.2, 0.25) is 0 Å². The van der Waals surface area contributed by atoms with Gasteiger partial charge in [-0.2, -0.15) is 4.31 Å². The van der Waals surface area contributed by atoms with Crippen LogP contribution in [0.15, 0.2) is 47.4 Å². The van der Waals surface area contributed by atoms with Crippen LogP contribution in [0.5, 0.6) is 5.75 Å². The van der Waals surface area contributed by atoms with Crippen LogP contribution < -0.4 is 10.1 Å². The van der Waals surface area contributed by atoms with Gasteiger partial charge in [-0.05, 0) is 61.7 Å². The van der Waals surface area contributed by atoms with Crippen molar-refractivity contribution in [3.8, 4) is 5.75 Å². The molecule has 8 heteroatoms. The van der Waals surface area contributed by atoms with Gasteiger partial charge >= 0.3 is 0 Å². The Morgan fingerprint density at radius 3 is 2.48 bits per heavy atom. The normalized spacial score (nSPS) is 15.1. The number of sulfonamides is 1. The Labute approximate surface area is 170 Å². The minimum Gasteiger partial charge on any atom is -0.493 e. The summed E-state index contributed by atoms with van der Waals surface area (Å²) in [5.74, 6) is -0.175. The highest BCUT2D eigenvalue weighted by Crippen LogP contribution is 2.26. The van der Waals surface area contributed by atoms with E-state index in [0.717, 1.165) is 19.3 Å².